The molecule has 1 saturated heterocycles. The molecule has 3 rings (SSSR count). The maximum absolute atomic E-state index is 10.5. The largest absolute Gasteiger partial charge is 0.493 e. The van der Waals surface area contributed by atoms with Crippen LogP contribution >= 0.6 is 0 Å². The number of hydrogen-bond acceptors (Lipinski definition) is 4. The number of ether oxygens (including phenoxy) is 2. The number of methoxy groups -OCH3 is 2. The fourth-order valence-corrected chi connectivity index (χ4v) is 4.40. The molecule has 1 aliphatic heterocycles. The number of fused-ring (bicyclic) bond motifs is 1. The van der Waals surface area contributed by atoms with Crippen molar-refractivity contribution in [3.8, 4) is 11.5 Å². The summed E-state index contributed by atoms with van der Waals surface area (Å²) in [6, 6.07) is 6.23. The van der Waals surface area contributed by atoms with Crippen molar-refractivity contribution >= 4 is 0 Å². The first-order chi connectivity index (χ1) is 11.5. The topological polar surface area (TPSA) is 50.7 Å². The van der Waals surface area contributed by atoms with Crippen molar-refractivity contribution < 1.29 is 14.6 Å². The van der Waals surface area contributed by atoms with Gasteiger partial charge < -0.3 is 19.9 Å². The molecule has 24 heavy (non-hydrogen) atoms. The minimum absolute atomic E-state index is 0.0433. The van der Waals surface area contributed by atoms with Crippen molar-refractivity contribution in [2.24, 2.45) is 11.8 Å². The molecule has 0 radical (unpaired) electrons. The second kappa shape index (κ2) is 6.67. The molecular formula is C20H29NO3. The standard InChI is InChI=1S/C20H29NO3/c1-13(2)9-14-12-20(7-8-21-19(20)11-16(14)22)15-5-6-17(23-3)18(10-15)24-4/h5-6,10-11,13-14,16,21-22H,7-9,12H2,1-4H3/t14-,16-,20-/m1/s1. The minimum atomic E-state index is -0.360. The lowest BCUT2D eigenvalue weighted by Gasteiger charge is -2.40. The summed E-state index contributed by atoms with van der Waals surface area (Å²) < 4.78 is 10.9. The van der Waals surface area contributed by atoms with Gasteiger partial charge in [-0.25, -0.2) is 0 Å². The van der Waals surface area contributed by atoms with Gasteiger partial charge in [0.1, 0.15) is 0 Å². The van der Waals surface area contributed by atoms with E-state index in [1.165, 1.54) is 11.3 Å². The highest BCUT2D eigenvalue weighted by Gasteiger charge is 2.46. The van der Waals surface area contributed by atoms with E-state index in [9.17, 15) is 5.11 Å². The van der Waals surface area contributed by atoms with E-state index in [-0.39, 0.29) is 11.5 Å². The van der Waals surface area contributed by atoms with Gasteiger partial charge in [0, 0.05) is 17.7 Å². The summed E-state index contributed by atoms with van der Waals surface area (Å²) in [4.78, 5) is 0. The molecule has 0 saturated carbocycles. The second-order valence-corrected chi connectivity index (χ2v) is 7.49. The number of nitrogens with one attached hydrogen (secondary N) is 1. The van der Waals surface area contributed by atoms with Gasteiger partial charge in [0.05, 0.1) is 20.3 Å². The quantitative estimate of drug-likeness (QED) is 0.870. The molecule has 1 aliphatic carbocycles. The second-order valence-electron chi connectivity index (χ2n) is 7.49. The van der Waals surface area contributed by atoms with Crippen LogP contribution in [-0.2, 0) is 5.41 Å². The van der Waals surface area contributed by atoms with Crippen LogP contribution in [0.15, 0.2) is 30.0 Å². The maximum atomic E-state index is 10.5. The van der Waals surface area contributed by atoms with Crippen LogP contribution in [-0.4, -0.2) is 32.0 Å². The summed E-state index contributed by atoms with van der Waals surface area (Å²) in [5, 5.41) is 14.0. The number of allylic oxidation sites excluding steroid dienone is 1. The van der Waals surface area contributed by atoms with Crippen molar-refractivity contribution in [2.75, 3.05) is 20.8 Å². The Hall–Kier alpha value is -1.68. The molecule has 1 aromatic carbocycles. The molecule has 2 aliphatic rings. The van der Waals surface area contributed by atoms with Crippen LogP contribution in [0.3, 0.4) is 0 Å². The number of aliphatic hydroxyl groups excluding tert-OH is 1. The minimum Gasteiger partial charge on any atom is -0.493 e. The summed E-state index contributed by atoms with van der Waals surface area (Å²) in [6.45, 7) is 5.39. The van der Waals surface area contributed by atoms with Gasteiger partial charge in [0.25, 0.3) is 0 Å². The Morgan fingerprint density at radius 1 is 1.25 bits per heavy atom. The Balaban J connectivity index is 2.01. The Morgan fingerprint density at radius 2 is 2.00 bits per heavy atom. The Kier molecular flexibility index (Phi) is 4.77. The highest BCUT2D eigenvalue weighted by atomic mass is 16.5. The van der Waals surface area contributed by atoms with Crippen LogP contribution in [0, 0.1) is 11.8 Å². The van der Waals surface area contributed by atoms with E-state index in [2.05, 4.69) is 31.3 Å². The lowest BCUT2D eigenvalue weighted by molar-refractivity contribution is 0.103. The van der Waals surface area contributed by atoms with E-state index in [1.807, 2.05) is 12.1 Å². The van der Waals surface area contributed by atoms with Gasteiger partial charge in [-0.15, -0.1) is 0 Å². The molecular weight excluding hydrogens is 302 g/mol. The summed E-state index contributed by atoms with van der Waals surface area (Å²) in [5.41, 5.74) is 2.37. The zero-order valence-corrected chi connectivity index (χ0v) is 15.1. The molecule has 0 bridgehead atoms. The normalized spacial score (nSPS) is 29.0. The average Bonchev–Trinajstić information content (AvgIpc) is 2.97. The van der Waals surface area contributed by atoms with Gasteiger partial charge in [0.15, 0.2) is 11.5 Å². The SMILES string of the molecule is COc1ccc([C@]23CCNC2=C[C@@H](O)[C@H](CC(C)C)C3)cc1OC. The van der Waals surface area contributed by atoms with Gasteiger partial charge in [-0.1, -0.05) is 19.9 Å². The summed E-state index contributed by atoms with van der Waals surface area (Å²) in [6.07, 6.45) is 4.75. The van der Waals surface area contributed by atoms with E-state index in [0.29, 0.717) is 11.8 Å². The molecule has 3 atom stereocenters. The molecule has 4 heteroatoms. The third kappa shape index (κ3) is 2.88. The van der Waals surface area contributed by atoms with Crippen molar-refractivity contribution in [3.05, 3.63) is 35.5 Å². The van der Waals surface area contributed by atoms with Gasteiger partial charge in [-0.2, -0.15) is 0 Å². The van der Waals surface area contributed by atoms with Gasteiger partial charge in [-0.3, -0.25) is 0 Å². The fourth-order valence-electron chi connectivity index (χ4n) is 4.40. The Morgan fingerprint density at radius 3 is 2.67 bits per heavy atom. The molecule has 4 nitrogen and oxygen atoms in total. The highest BCUT2D eigenvalue weighted by Crippen LogP contribution is 2.49. The fraction of sp³-hybridized carbons (Fsp3) is 0.600. The molecule has 1 aromatic rings. The number of rotatable bonds is 5. The van der Waals surface area contributed by atoms with Gasteiger partial charge >= 0.3 is 0 Å². The van der Waals surface area contributed by atoms with Crippen LogP contribution in [0.4, 0.5) is 0 Å². The summed E-state index contributed by atoms with van der Waals surface area (Å²) in [5.74, 6) is 2.39. The number of aliphatic hydroxyl groups is 1. The van der Waals surface area contributed by atoms with Crippen LogP contribution < -0.4 is 14.8 Å². The zero-order chi connectivity index (χ0) is 17.3. The van der Waals surface area contributed by atoms with Crippen molar-refractivity contribution in [3.63, 3.8) is 0 Å². The molecule has 1 fully saturated rings. The third-order valence-electron chi connectivity index (χ3n) is 5.52. The average molecular weight is 331 g/mol. The first kappa shape index (κ1) is 17.2. The van der Waals surface area contributed by atoms with Crippen LogP contribution in [0.1, 0.15) is 38.7 Å². The molecule has 1 heterocycles. The van der Waals surface area contributed by atoms with Crippen molar-refractivity contribution in [1.82, 2.24) is 5.32 Å². The van der Waals surface area contributed by atoms with Gasteiger partial charge in [0.2, 0.25) is 0 Å². The Bertz CT molecular complexity index is 625. The molecule has 0 spiro atoms. The van der Waals surface area contributed by atoms with E-state index in [1.54, 1.807) is 14.2 Å². The van der Waals surface area contributed by atoms with Crippen LogP contribution in [0.5, 0.6) is 11.5 Å². The predicted molar refractivity (Wildman–Crippen MR) is 95.5 cm³/mol. The lowest BCUT2D eigenvalue weighted by Crippen LogP contribution is -2.39. The smallest absolute Gasteiger partial charge is 0.161 e. The van der Waals surface area contributed by atoms with Crippen molar-refractivity contribution in [1.29, 1.82) is 0 Å². The molecule has 0 amide bonds. The van der Waals surface area contributed by atoms with Gasteiger partial charge in [-0.05, 0) is 54.9 Å². The molecule has 0 unspecified atom stereocenters. The maximum Gasteiger partial charge on any atom is 0.161 e. The first-order valence-electron chi connectivity index (χ1n) is 8.87. The highest BCUT2D eigenvalue weighted by molar-refractivity contribution is 5.49. The Labute approximate surface area is 144 Å². The summed E-state index contributed by atoms with van der Waals surface area (Å²) in [7, 11) is 3.34. The molecule has 132 valence electrons. The first-order valence-corrected chi connectivity index (χ1v) is 8.87. The number of benzene rings is 1. The van der Waals surface area contributed by atoms with E-state index in [0.717, 1.165) is 37.3 Å². The summed E-state index contributed by atoms with van der Waals surface area (Å²) >= 11 is 0. The molecule has 2 N–H and O–H groups in total. The van der Waals surface area contributed by atoms with E-state index in [4.69, 9.17) is 9.47 Å². The zero-order valence-electron chi connectivity index (χ0n) is 15.1. The van der Waals surface area contributed by atoms with Crippen molar-refractivity contribution in [2.45, 2.75) is 44.6 Å². The third-order valence-corrected chi connectivity index (χ3v) is 5.52. The van der Waals surface area contributed by atoms with E-state index < -0.39 is 0 Å². The van der Waals surface area contributed by atoms with E-state index >= 15 is 0 Å². The lowest BCUT2D eigenvalue weighted by atomic mass is 9.65. The predicted octanol–water partition coefficient (Wildman–Crippen LogP) is 3.25. The van der Waals surface area contributed by atoms with Crippen LogP contribution in [0.25, 0.3) is 0 Å². The van der Waals surface area contributed by atoms with Crippen LogP contribution in [0.2, 0.25) is 0 Å². The molecule has 0 aromatic heterocycles. The number of hydrogen-bond donors (Lipinski definition) is 2. The monoisotopic (exact) mass is 331 g/mol.